The van der Waals surface area contributed by atoms with E-state index in [1.807, 2.05) is 50.4 Å². The van der Waals surface area contributed by atoms with Crippen molar-refractivity contribution in [2.75, 3.05) is 0 Å². The fourth-order valence-electron chi connectivity index (χ4n) is 3.69. The van der Waals surface area contributed by atoms with Crippen LogP contribution in [-0.2, 0) is 6.54 Å². The molecule has 2 N–H and O–H groups in total. The average Bonchev–Trinajstić information content (AvgIpc) is 3.40. The Morgan fingerprint density at radius 2 is 1.97 bits per heavy atom. The highest BCUT2D eigenvalue weighted by atomic mass is 16.5. The minimum atomic E-state index is -0.645. The molecule has 8 heteroatoms. The van der Waals surface area contributed by atoms with Crippen LogP contribution in [0, 0.1) is 5.92 Å². The van der Waals surface area contributed by atoms with Gasteiger partial charge in [0.1, 0.15) is 0 Å². The molecule has 2 aromatic carbocycles. The molecule has 30 heavy (non-hydrogen) atoms. The Morgan fingerprint density at radius 3 is 2.80 bits per heavy atom. The summed E-state index contributed by atoms with van der Waals surface area (Å²) in [5.74, 6) is 1.04. The molecule has 0 bridgehead atoms. The van der Waals surface area contributed by atoms with Crippen molar-refractivity contribution in [3.63, 3.8) is 0 Å². The molecule has 0 aliphatic heterocycles. The maximum absolute atomic E-state index is 12.3. The summed E-state index contributed by atoms with van der Waals surface area (Å²) >= 11 is 0. The number of H-pyrrole nitrogens is 2. The van der Waals surface area contributed by atoms with Gasteiger partial charge in [-0.05, 0) is 42.3 Å². The zero-order valence-corrected chi connectivity index (χ0v) is 16.5. The van der Waals surface area contributed by atoms with Gasteiger partial charge in [-0.3, -0.25) is 9.59 Å². The highest BCUT2D eigenvalue weighted by molar-refractivity contribution is 5.93. The van der Waals surface area contributed by atoms with Gasteiger partial charge in [0.05, 0.1) is 11.0 Å². The van der Waals surface area contributed by atoms with Gasteiger partial charge in [-0.25, -0.2) is 0 Å². The molecule has 0 amide bonds. The van der Waals surface area contributed by atoms with Gasteiger partial charge < -0.3 is 19.1 Å². The van der Waals surface area contributed by atoms with Gasteiger partial charge in [0, 0.05) is 34.8 Å². The molecule has 0 saturated heterocycles. The van der Waals surface area contributed by atoms with Crippen LogP contribution in [0.5, 0.6) is 0 Å². The van der Waals surface area contributed by atoms with E-state index in [-0.39, 0.29) is 5.92 Å². The Balaban J connectivity index is 1.61. The first-order chi connectivity index (χ1) is 14.5. The molecule has 0 radical (unpaired) electrons. The molecule has 150 valence electrons. The third-order valence-corrected chi connectivity index (χ3v) is 5.03. The second kappa shape index (κ2) is 6.84. The van der Waals surface area contributed by atoms with Crippen molar-refractivity contribution in [2.45, 2.75) is 20.4 Å². The molecule has 0 saturated carbocycles. The summed E-state index contributed by atoms with van der Waals surface area (Å²) < 4.78 is 7.02. The van der Waals surface area contributed by atoms with E-state index in [9.17, 15) is 9.59 Å². The Kier molecular flexibility index (Phi) is 4.13. The number of nitrogens with zero attached hydrogens (tertiary/aromatic N) is 3. The summed E-state index contributed by atoms with van der Waals surface area (Å²) in [7, 11) is 0. The maximum Gasteiger partial charge on any atom is 0.316 e. The van der Waals surface area contributed by atoms with Crippen molar-refractivity contribution < 1.29 is 4.52 Å². The lowest BCUT2D eigenvalue weighted by Crippen LogP contribution is -2.37. The topological polar surface area (TPSA) is 110 Å². The minimum Gasteiger partial charge on any atom is -0.361 e. The van der Waals surface area contributed by atoms with Crippen LogP contribution in [0.4, 0.5) is 0 Å². The van der Waals surface area contributed by atoms with E-state index in [0.29, 0.717) is 34.9 Å². The van der Waals surface area contributed by atoms with Gasteiger partial charge in [0.2, 0.25) is 5.82 Å². The molecule has 3 heterocycles. The van der Waals surface area contributed by atoms with E-state index in [4.69, 9.17) is 4.52 Å². The largest absolute Gasteiger partial charge is 0.361 e. The second-order valence-corrected chi connectivity index (χ2v) is 7.66. The van der Waals surface area contributed by atoms with Crippen molar-refractivity contribution in [1.29, 1.82) is 0 Å². The average molecular weight is 401 g/mol. The van der Waals surface area contributed by atoms with Crippen molar-refractivity contribution in [3.8, 4) is 22.8 Å². The van der Waals surface area contributed by atoms with Crippen LogP contribution in [0.3, 0.4) is 0 Å². The van der Waals surface area contributed by atoms with Crippen molar-refractivity contribution in [1.82, 2.24) is 24.7 Å². The Bertz CT molecular complexity index is 1500. The van der Waals surface area contributed by atoms with Crippen LogP contribution >= 0.6 is 0 Å². The predicted octanol–water partition coefficient (Wildman–Crippen LogP) is 3.54. The third-order valence-electron chi connectivity index (χ3n) is 5.03. The van der Waals surface area contributed by atoms with Gasteiger partial charge in [-0.2, -0.15) is 4.98 Å². The Labute approximate surface area is 170 Å². The molecule has 5 rings (SSSR count). The molecular formula is C22H19N5O3. The minimum absolute atomic E-state index is 0.225. The quantitative estimate of drug-likeness (QED) is 0.448. The predicted molar refractivity (Wildman–Crippen MR) is 114 cm³/mol. The number of rotatable bonds is 4. The molecule has 0 spiro atoms. The van der Waals surface area contributed by atoms with Gasteiger partial charge in [-0.15, -0.1) is 0 Å². The lowest BCUT2D eigenvalue weighted by Gasteiger charge is -2.12. The van der Waals surface area contributed by atoms with E-state index in [0.717, 1.165) is 16.5 Å². The van der Waals surface area contributed by atoms with Crippen molar-refractivity contribution in [2.24, 2.45) is 5.92 Å². The molecule has 3 aromatic heterocycles. The molecule has 0 atom stereocenters. The van der Waals surface area contributed by atoms with Gasteiger partial charge in [-0.1, -0.05) is 25.1 Å². The van der Waals surface area contributed by atoms with Gasteiger partial charge in [0.15, 0.2) is 0 Å². The van der Waals surface area contributed by atoms with Crippen LogP contribution < -0.4 is 11.1 Å². The van der Waals surface area contributed by atoms with Crippen LogP contribution in [0.15, 0.2) is 62.8 Å². The lowest BCUT2D eigenvalue weighted by atomic mass is 10.1. The lowest BCUT2D eigenvalue weighted by molar-refractivity contribution is 0.432. The summed E-state index contributed by atoms with van der Waals surface area (Å²) in [6.07, 6.45) is 1.86. The van der Waals surface area contributed by atoms with E-state index < -0.39 is 11.1 Å². The smallest absolute Gasteiger partial charge is 0.316 e. The fraction of sp³-hybridized carbons (Fsp3) is 0.182. The summed E-state index contributed by atoms with van der Waals surface area (Å²) in [4.78, 5) is 34.8. The normalized spacial score (nSPS) is 11.7. The van der Waals surface area contributed by atoms with Crippen LogP contribution in [0.2, 0.25) is 0 Å². The first-order valence-corrected chi connectivity index (χ1v) is 9.68. The monoisotopic (exact) mass is 401 g/mol. The Morgan fingerprint density at radius 1 is 1.10 bits per heavy atom. The van der Waals surface area contributed by atoms with E-state index in [1.54, 1.807) is 12.1 Å². The number of hydrogen-bond donors (Lipinski definition) is 2. The Hall–Kier alpha value is -3.94. The number of fused-ring (bicyclic) bond motifs is 2. The first-order valence-electron chi connectivity index (χ1n) is 9.68. The zero-order chi connectivity index (χ0) is 20.8. The third kappa shape index (κ3) is 2.93. The second-order valence-electron chi connectivity index (χ2n) is 7.66. The van der Waals surface area contributed by atoms with Crippen molar-refractivity contribution in [3.05, 3.63) is 69.4 Å². The number of benzene rings is 2. The van der Waals surface area contributed by atoms with Crippen LogP contribution in [0.1, 0.15) is 13.8 Å². The molecule has 0 unspecified atom stereocenters. The van der Waals surface area contributed by atoms with Crippen LogP contribution in [0.25, 0.3) is 44.8 Å². The van der Waals surface area contributed by atoms with Crippen LogP contribution in [-0.4, -0.2) is 24.7 Å². The summed E-state index contributed by atoms with van der Waals surface area (Å²) in [5, 5.41) is 5.11. The molecular weight excluding hydrogens is 382 g/mol. The fourth-order valence-corrected chi connectivity index (χ4v) is 3.69. The number of aromatic amines is 2. The van der Waals surface area contributed by atoms with E-state index in [2.05, 4.69) is 20.1 Å². The highest BCUT2D eigenvalue weighted by Crippen LogP contribution is 2.29. The summed E-state index contributed by atoms with van der Waals surface area (Å²) in [6, 6.07) is 13.2. The SMILES string of the molecule is CC(C)Cn1c(=O)c(=O)[nH]c2cc(-c3noc(-c4cccc5[nH]ccc45)n3)ccc21. The number of aromatic nitrogens is 5. The molecule has 0 aliphatic rings. The summed E-state index contributed by atoms with van der Waals surface area (Å²) in [5.41, 5.74) is 2.53. The molecule has 0 aliphatic carbocycles. The zero-order valence-electron chi connectivity index (χ0n) is 16.5. The number of nitrogens with one attached hydrogen (secondary N) is 2. The molecule has 8 nitrogen and oxygen atoms in total. The first kappa shape index (κ1) is 18.1. The maximum atomic E-state index is 12.3. The summed E-state index contributed by atoms with van der Waals surface area (Å²) in [6.45, 7) is 4.46. The van der Waals surface area contributed by atoms with Gasteiger partial charge >= 0.3 is 11.1 Å². The highest BCUT2D eigenvalue weighted by Gasteiger charge is 2.15. The van der Waals surface area contributed by atoms with E-state index in [1.165, 1.54) is 4.57 Å². The van der Waals surface area contributed by atoms with E-state index >= 15 is 0 Å². The standard InChI is InChI=1S/C22H19N5O3/c1-12(2)11-27-18-7-6-13(10-17(18)24-20(28)22(27)29)19-25-21(30-26-19)15-4-3-5-16-14(15)8-9-23-16/h3-10,12,23H,11H2,1-2H3,(H,24,28). The van der Waals surface area contributed by atoms with Gasteiger partial charge in [0.25, 0.3) is 5.89 Å². The molecule has 0 fully saturated rings. The number of hydrogen-bond acceptors (Lipinski definition) is 5. The van der Waals surface area contributed by atoms with Crippen molar-refractivity contribution >= 4 is 21.9 Å². The molecule has 5 aromatic rings.